The first-order chi connectivity index (χ1) is 12.5. The van der Waals surface area contributed by atoms with Crippen molar-refractivity contribution in [2.45, 2.75) is 51.1 Å². The van der Waals surface area contributed by atoms with E-state index in [-0.39, 0.29) is 24.4 Å². The lowest BCUT2D eigenvalue weighted by molar-refractivity contribution is 0.0919. The molecule has 1 aromatic heterocycles. The van der Waals surface area contributed by atoms with Crippen molar-refractivity contribution in [3.8, 4) is 5.69 Å². The molecule has 0 bridgehead atoms. The number of aromatic nitrogens is 2. The molecule has 2 aromatic rings. The minimum atomic E-state index is -0.0777. The van der Waals surface area contributed by atoms with Crippen molar-refractivity contribution in [2.75, 3.05) is 6.54 Å². The monoisotopic (exact) mass is 428 g/mol. The van der Waals surface area contributed by atoms with E-state index < -0.39 is 0 Å². The maximum atomic E-state index is 12.9. The number of piperidine rings is 1. The third-order valence-electron chi connectivity index (χ3n) is 5.24. The van der Waals surface area contributed by atoms with Gasteiger partial charge in [0.2, 0.25) is 0 Å². The van der Waals surface area contributed by atoms with E-state index in [1.54, 1.807) is 12.1 Å². The Kier molecular flexibility index (Phi) is 6.36. The van der Waals surface area contributed by atoms with E-state index >= 15 is 0 Å². The number of carbonyl (C=O) groups excluding carboxylic acids is 1. The molecule has 5 nitrogen and oxygen atoms in total. The predicted molar refractivity (Wildman–Crippen MR) is 111 cm³/mol. The topological polar surface area (TPSA) is 59.0 Å². The molecule has 1 aromatic carbocycles. The molecule has 0 saturated carbocycles. The van der Waals surface area contributed by atoms with Crippen molar-refractivity contribution < 1.29 is 4.79 Å². The van der Waals surface area contributed by atoms with Gasteiger partial charge in [-0.3, -0.25) is 4.79 Å². The van der Waals surface area contributed by atoms with Crippen LogP contribution in [0.25, 0.3) is 5.69 Å². The average Bonchev–Trinajstić information content (AvgIpc) is 3.17. The van der Waals surface area contributed by atoms with E-state index in [2.05, 4.69) is 22.7 Å². The fourth-order valence-electron chi connectivity index (χ4n) is 3.99. The molecule has 1 aliphatic carbocycles. The van der Waals surface area contributed by atoms with Crippen molar-refractivity contribution in [3.63, 3.8) is 0 Å². The number of amides is 1. The number of benzene rings is 1. The van der Waals surface area contributed by atoms with Gasteiger partial charge in [0, 0.05) is 28.4 Å². The number of hydrogen-bond donors (Lipinski definition) is 2. The second-order valence-corrected chi connectivity index (χ2v) is 8.03. The Hall–Kier alpha value is -1.27. The van der Waals surface area contributed by atoms with Crippen molar-refractivity contribution in [3.05, 3.63) is 45.2 Å². The Balaban J connectivity index is 0.00000210. The number of halogens is 3. The van der Waals surface area contributed by atoms with Crippen LogP contribution in [0.3, 0.4) is 0 Å². The molecule has 0 radical (unpaired) electrons. The Morgan fingerprint density at radius 1 is 1.33 bits per heavy atom. The van der Waals surface area contributed by atoms with Gasteiger partial charge < -0.3 is 10.6 Å². The van der Waals surface area contributed by atoms with Crippen LogP contribution in [0.1, 0.15) is 47.9 Å². The first-order valence-corrected chi connectivity index (χ1v) is 9.89. The number of rotatable bonds is 3. The molecule has 2 atom stereocenters. The van der Waals surface area contributed by atoms with Crippen molar-refractivity contribution >= 4 is 41.5 Å². The summed E-state index contributed by atoms with van der Waals surface area (Å²) in [6.07, 6.45) is 4.70. The van der Waals surface area contributed by atoms with Crippen LogP contribution in [-0.2, 0) is 12.8 Å². The van der Waals surface area contributed by atoms with Gasteiger partial charge in [-0.1, -0.05) is 23.2 Å². The van der Waals surface area contributed by atoms with Gasteiger partial charge in [-0.25, -0.2) is 4.68 Å². The zero-order chi connectivity index (χ0) is 18.3. The summed E-state index contributed by atoms with van der Waals surface area (Å²) in [5, 5.41) is 12.3. The number of nitrogens with one attached hydrogen (secondary N) is 2. The highest BCUT2D eigenvalue weighted by Crippen LogP contribution is 2.31. The smallest absolute Gasteiger partial charge is 0.272 e. The molecule has 0 spiro atoms. The SMILES string of the molecule is CC1CC(NC(=O)c2nn(-c3ccc(Cl)cc3Cl)c3c2CCC3)CCN1.Cl. The number of hydrogen-bond acceptors (Lipinski definition) is 3. The molecule has 2 unspecified atom stereocenters. The van der Waals surface area contributed by atoms with Crippen LogP contribution in [0.4, 0.5) is 0 Å². The maximum absolute atomic E-state index is 12.9. The van der Waals surface area contributed by atoms with Crippen LogP contribution < -0.4 is 10.6 Å². The van der Waals surface area contributed by atoms with Crippen molar-refractivity contribution in [2.24, 2.45) is 0 Å². The highest BCUT2D eigenvalue weighted by atomic mass is 35.5. The molecule has 27 heavy (non-hydrogen) atoms. The Morgan fingerprint density at radius 2 is 2.15 bits per heavy atom. The lowest BCUT2D eigenvalue weighted by Crippen LogP contribution is -2.46. The van der Waals surface area contributed by atoms with Crippen LogP contribution in [0.15, 0.2) is 18.2 Å². The Bertz CT molecular complexity index is 852. The number of nitrogens with zero attached hydrogens (tertiary/aromatic N) is 2. The van der Waals surface area contributed by atoms with Crippen molar-refractivity contribution in [1.82, 2.24) is 20.4 Å². The van der Waals surface area contributed by atoms with E-state index in [0.29, 0.717) is 21.8 Å². The fourth-order valence-corrected chi connectivity index (χ4v) is 4.48. The van der Waals surface area contributed by atoms with Gasteiger partial charge in [-0.15, -0.1) is 12.4 Å². The van der Waals surface area contributed by atoms with E-state index in [9.17, 15) is 4.79 Å². The van der Waals surface area contributed by atoms with Gasteiger partial charge >= 0.3 is 0 Å². The zero-order valence-electron chi connectivity index (χ0n) is 15.1. The van der Waals surface area contributed by atoms with E-state index in [1.807, 2.05) is 10.7 Å². The van der Waals surface area contributed by atoms with Gasteiger partial charge in [0.05, 0.1) is 10.7 Å². The molecular formula is C19H23Cl3N4O. The first-order valence-electron chi connectivity index (χ1n) is 9.13. The molecule has 8 heteroatoms. The summed E-state index contributed by atoms with van der Waals surface area (Å²) in [4.78, 5) is 12.9. The second kappa shape index (κ2) is 8.39. The first kappa shape index (κ1) is 20.5. The predicted octanol–water partition coefficient (Wildman–Crippen LogP) is 3.96. The van der Waals surface area contributed by atoms with Gasteiger partial charge in [-0.05, 0) is 63.8 Å². The molecule has 146 valence electrons. The highest BCUT2D eigenvalue weighted by Gasteiger charge is 2.29. The summed E-state index contributed by atoms with van der Waals surface area (Å²) in [5.41, 5.74) is 3.44. The second-order valence-electron chi connectivity index (χ2n) is 7.18. The van der Waals surface area contributed by atoms with Gasteiger partial charge in [0.15, 0.2) is 5.69 Å². The minimum Gasteiger partial charge on any atom is -0.348 e. The van der Waals surface area contributed by atoms with Crippen LogP contribution in [0.2, 0.25) is 10.0 Å². The van der Waals surface area contributed by atoms with Crippen LogP contribution in [0, 0.1) is 0 Å². The van der Waals surface area contributed by atoms with Crippen LogP contribution >= 0.6 is 35.6 Å². The summed E-state index contributed by atoms with van der Waals surface area (Å²) in [7, 11) is 0. The molecule has 1 amide bonds. The Morgan fingerprint density at radius 3 is 2.89 bits per heavy atom. The molecule has 1 fully saturated rings. The average molecular weight is 430 g/mol. The van der Waals surface area contributed by atoms with Crippen molar-refractivity contribution in [1.29, 1.82) is 0 Å². The molecule has 1 saturated heterocycles. The van der Waals surface area contributed by atoms with E-state index in [1.165, 1.54) is 0 Å². The Labute approximate surface area is 175 Å². The molecule has 2 N–H and O–H groups in total. The molecule has 2 heterocycles. The minimum absolute atomic E-state index is 0. The summed E-state index contributed by atoms with van der Waals surface area (Å²) in [5.74, 6) is -0.0777. The summed E-state index contributed by atoms with van der Waals surface area (Å²) < 4.78 is 1.82. The summed E-state index contributed by atoms with van der Waals surface area (Å²) in [6.45, 7) is 3.08. The molecule has 2 aliphatic rings. The summed E-state index contributed by atoms with van der Waals surface area (Å²) in [6, 6.07) is 5.97. The maximum Gasteiger partial charge on any atom is 0.272 e. The molecule has 1 aliphatic heterocycles. The third-order valence-corrected chi connectivity index (χ3v) is 5.78. The van der Waals surface area contributed by atoms with E-state index in [0.717, 1.165) is 55.6 Å². The quantitative estimate of drug-likeness (QED) is 0.776. The molecular weight excluding hydrogens is 407 g/mol. The number of fused-ring (bicyclic) bond motifs is 1. The van der Waals surface area contributed by atoms with Gasteiger partial charge in [0.1, 0.15) is 0 Å². The standard InChI is InChI=1S/C19H22Cl2N4O.ClH/c1-11-9-13(7-8-22-11)23-19(26)18-14-3-2-4-16(14)25(24-18)17-6-5-12(20)10-15(17)21;/h5-6,10-11,13,22H,2-4,7-9H2,1H3,(H,23,26);1H. The van der Waals surface area contributed by atoms with Crippen LogP contribution in [-0.4, -0.2) is 34.3 Å². The van der Waals surface area contributed by atoms with E-state index in [4.69, 9.17) is 23.2 Å². The lowest BCUT2D eigenvalue weighted by atomic mass is 10.0. The largest absolute Gasteiger partial charge is 0.348 e. The third kappa shape index (κ3) is 4.11. The number of carbonyl (C=O) groups is 1. The van der Waals surface area contributed by atoms with Gasteiger partial charge in [0.25, 0.3) is 5.91 Å². The molecule has 4 rings (SSSR count). The zero-order valence-corrected chi connectivity index (χ0v) is 17.4. The fraction of sp³-hybridized carbons (Fsp3) is 0.474. The van der Waals surface area contributed by atoms with Crippen LogP contribution in [0.5, 0.6) is 0 Å². The van der Waals surface area contributed by atoms with Gasteiger partial charge in [-0.2, -0.15) is 5.10 Å². The lowest BCUT2D eigenvalue weighted by Gasteiger charge is -2.28. The summed E-state index contributed by atoms with van der Waals surface area (Å²) >= 11 is 12.4. The highest BCUT2D eigenvalue weighted by molar-refractivity contribution is 6.35. The normalized spacial score (nSPS) is 21.4.